The number of likely N-dealkylation sites (tertiary alicyclic amines) is 1. The molecule has 1 saturated heterocycles. The zero-order valence-corrected chi connectivity index (χ0v) is 35.7. The van der Waals surface area contributed by atoms with E-state index in [0.29, 0.717) is 43.9 Å². The van der Waals surface area contributed by atoms with Crippen LogP contribution in [-0.4, -0.2) is 126 Å². The number of benzene rings is 1. The Kier molecular flexibility index (Phi) is 12.8. The summed E-state index contributed by atoms with van der Waals surface area (Å²) in [5, 5.41) is 20.9. The fraction of sp³-hybridized carbons (Fsp3) is 0.738. The molecule has 0 bridgehead atoms. The molecule has 1 aromatic carbocycles. The van der Waals surface area contributed by atoms with Crippen molar-refractivity contribution >= 4 is 30.0 Å². The second kappa shape index (κ2) is 16.6. The van der Waals surface area contributed by atoms with Crippen LogP contribution in [0.25, 0.3) is 0 Å². The van der Waals surface area contributed by atoms with Crippen molar-refractivity contribution in [2.45, 2.75) is 147 Å². The van der Waals surface area contributed by atoms with Crippen LogP contribution in [0, 0.1) is 12.8 Å². The number of carbonyl (C=O) groups is 5. The first kappa shape index (κ1) is 44.0. The van der Waals surface area contributed by atoms with Gasteiger partial charge in [0.05, 0.1) is 25.6 Å². The van der Waals surface area contributed by atoms with Crippen molar-refractivity contribution in [2.24, 2.45) is 5.92 Å². The van der Waals surface area contributed by atoms with Crippen LogP contribution >= 0.6 is 0 Å². The van der Waals surface area contributed by atoms with Gasteiger partial charge in [-0.3, -0.25) is 9.59 Å². The smallest absolute Gasteiger partial charge is 0.415 e. The highest BCUT2D eigenvalue weighted by atomic mass is 16.6. The molecule has 3 fully saturated rings. The van der Waals surface area contributed by atoms with Crippen LogP contribution in [0.5, 0.6) is 11.5 Å². The summed E-state index contributed by atoms with van der Waals surface area (Å²) in [6.45, 7) is 16.8. The van der Waals surface area contributed by atoms with E-state index in [4.69, 9.17) is 18.9 Å². The highest BCUT2D eigenvalue weighted by Crippen LogP contribution is 2.63. The van der Waals surface area contributed by atoms with Crippen LogP contribution in [0.4, 0.5) is 14.4 Å². The summed E-state index contributed by atoms with van der Waals surface area (Å²) in [5.74, 6) is 0.656. The number of aryl methyl sites for hydroxylation is 1. The largest absolute Gasteiger partial charge is 0.477 e. The predicted molar refractivity (Wildman–Crippen MR) is 212 cm³/mol. The Hall–Kier alpha value is -4.11. The highest BCUT2D eigenvalue weighted by Gasteiger charge is 2.73. The molecule has 2 aliphatic carbocycles. The van der Waals surface area contributed by atoms with Gasteiger partial charge in [0.2, 0.25) is 5.91 Å². The number of hydrogen-bond acceptors (Lipinski definition) is 10. The number of amides is 4. The zero-order valence-electron chi connectivity index (χ0n) is 35.7. The topological polar surface area (TPSA) is 182 Å². The lowest BCUT2D eigenvalue weighted by Gasteiger charge is -2.61. The fourth-order valence-corrected chi connectivity index (χ4v) is 8.98. The molecule has 0 radical (unpaired) electrons. The van der Waals surface area contributed by atoms with Crippen molar-refractivity contribution in [2.75, 3.05) is 46.8 Å². The van der Waals surface area contributed by atoms with Crippen LogP contribution in [0.3, 0.4) is 0 Å². The van der Waals surface area contributed by atoms with Gasteiger partial charge < -0.3 is 49.4 Å². The van der Waals surface area contributed by atoms with E-state index in [9.17, 15) is 29.1 Å². The van der Waals surface area contributed by atoms with Gasteiger partial charge in [-0.05, 0) is 106 Å². The quantitative estimate of drug-likeness (QED) is 0.159. The van der Waals surface area contributed by atoms with E-state index < -0.39 is 58.6 Å². The average molecular weight is 801 g/mol. The van der Waals surface area contributed by atoms with Crippen LogP contribution < -0.4 is 25.4 Å². The Balaban J connectivity index is 1.21. The number of aliphatic hydroxyl groups is 1. The van der Waals surface area contributed by atoms with Gasteiger partial charge in [-0.25, -0.2) is 14.4 Å². The highest BCUT2D eigenvalue weighted by molar-refractivity contribution is 5.90. The zero-order chi connectivity index (χ0) is 42.1. The van der Waals surface area contributed by atoms with Gasteiger partial charge in [0.15, 0.2) is 23.4 Å². The van der Waals surface area contributed by atoms with E-state index in [2.05, 4.69) is 29.9 Å². The number of nitrogens with one attached hydrogen (secondary N) is 3. The monoisotopic (exact) mass is 800 g/mol. The van der Waals surface area contributed by atoms with E-state index in [1.807, 2.05) is 13.0 Å². The number of ketones is 1. The first-order valence-electron chi connectivity index (χ1n) is 20.6. The van der Waals surface area contributed by atoms with Crippen LogP contribution in [0.2, 0.25) is 0 Å². The third-order valence-corrected chi connectivity index (χ3v) is 12.1. The summed E-state index contributed by atoms with van der Waals surface area (Å²) < 4.78 is 23.8. The lowest BCUT2D eigenvalue weighted by Crippen LogP contribution is -2.78. The van der Waals surface area contributed by atoms with Gasteiger partial charge in [0.25, 0.3) is 0 Å². The number of rotatable bonds is 13. The number of hydrogen-bond donors (Lipinski definition) is 4. The number of piperidine rings is 1. The predicted octanol–water partition coefficient (Wildman–Crippen LogP) is 4.87. The van der Waals surface area contributed by atoms with Crippen LogP contribution in [0.15, 0.2) is 12.1 Å². The van der Waals surface area contributed by atoms with Gasteiger partial charge in [-0.1, -0.05) is 6.07 Å². The average Bonchev–Trinajstić information content (AvgIpc) is 3.83. The number of nitrogens with zero attached hydrogens (tertiary/aromatic N) is 2. The second-order valence-corrected chi connectivity index (χ2v) is 18.9. The second-order valence-electron chi connectivity index (χ2n) is 18.9. The van der Waals surface area contributed by atoms with Crippen molar-refractivity contribution in [3.8, 4) is 11.5 Å². The molecule has 4 amide bonds. The maximum absolute atomic E-state index is 13.6. The molecule has 0 aromatic heterocycles. The maximum Gasteiger partial charge on any atom is 0.415 e. The number of ether oxygens (including phenoxy) is 4. The lowest BCUT2D eigenvalue weighted by molar-refractivity contribution is -0.948. The summed E-state index contributed by atoms with van der Waals surface area (Å²) in [6, 6.07) is 2.45. The molecule has 15 heteroatoms. The molecule has 6 atom stereocenters. The minimum atomic E-state index is -1.20. The molecule has 1 spiro atoms. The molecule has 318 valence electrons. The summed E-state index contributed by atoms with van der Waals surface area (Å²) in [5.41, 5.74) is -1.93. The minimum absolute atomic E-state index is 0.0529. The summed E-state index contributed by atoms with van der Waals surface area (Å²) in [4.78, 5) is 66.3. The van der Waals surface area contributed by atoms with Crippen molar-refractivity contribution in [3.63, 3.8) is 0 Å². The van der Waals surface area contributed by atoms with Gasteiger partial charge >= 0.3 is 18.3 Å². The molecule has 4 aliphatic rings. The molecular formula is C42H66N5O10+. The first-order valence-corrected chi connectivity index (χ1v) is 20.6. The van der Waals surface area contributed by atoms with Gasteiger partial charge in [0, 0.05) is 51.0 Å². The van der Waals surface area contributed by atoms with E-state index in [1.54, 1.807) is 54.7 Å². The molecule has 15 nitrogen and oxygen atoms in total. The van der Waals surface area contributed by atoms with E-state index in [-0.39, 0.29) is 43.5 Å². The van der Waals surface area contributed by atoms with Crippen molar-refractivity contribution in [1.82, 2.24) is 20.9 Å². The number of Topliss-reactive ketones (excluding diaryl/α,β-unsaturated/α-hetero) is 1. The Labute approximate surface area is 337 Å². The third-order valence-electron chi connectivity index (χ3n) is 12.1. The SMILES string of the molecule is Cc1ccc(OC(=O)N(C)CCNC(=O)C(CCCCNC(=O)OC(C)(C)C)NC(=O)OC(C)(C)C)c2c1[C@]13CC[N@+](C)(CC4CC4)[C@H](C)[C@]1(O)CCC(=O)[C@@H]3O2. The van der Waals surface area contributed by atoms with E-state index in [0.717, 1.165) is 28.7 Å². The molecule has 2 heterocycles. The van der Waals surface area contributed by atoms with Gasteiger partial charge in [-0.15, -0.1) is 0 Å². The molecule has 2 aliphatic heterocycles. The van der Waals surface area contributed by atoms with Gasteiger partial charge in [-0.2, -0.15) is 0 Å². The summed E-state index contributed by atoms with van der Waals surface area (Å²) in [7, 11) is 3.77. The normalized spacial score (nSPS) is 27.1. The number of alkyl carbamates (subject to hydrolysis) is 2. The Morgan fingerprint density at radius 1 is 1.00 bits per heavy atom. The maximum atomic E-state index is 13.6. The standard InChI is InChI=1S/C42H65N5O10/c1-26-14-17-31(33-32(26)41-20-24-47(10,25-28-15-16-28)27(2)42(41,53)19-18-30(48)34(41)55-33)54-38(52)46(9)23-22-43-35(49)29(45-37(51)57-40(6,7)8)13-11-12-21-44-36(50)56-39(3,4)5/h14,17,27-29,34,53H,11-13,15-16,18-25H2,1-10H3,(H2-,43,44,45,49,50,51)/p+1/t27-,29?,34+,41+,42-,47-/m1/s1. The molecule has 57 heavy (non-hydrogen) atoms. The van der Waals surface area contributed by atoms with Crippen molar-refractivity contribution in [3.05, 3.63) is 23.3 Å². The summed E-state index contributed by atoms with van der Waals surface area (Å²) >= 11 is 0. The Morgan fingerprint density at radius 2 is 1.67 bits per heavy atom. The van der Waals surface area contributed by atoms with Crippen LogP contribution in [-0.2, 0) is 24.5 Å². The number of quaternary nitrogens is 1. The molecular weight excluding hydrogens is 734 g/mol. The first-order chi connectivity index (χ1) is 26.5. The fourth-order valence-electron chi connectivity index (χ4n) is 8.98. The van der Waals surface area contributed by atoms with Crippen molar-refractivity contribution in [1.29, 1.82) is 0 Å². The molecule has 4 N–H and O–H groups in total. The molecule has 5 rings (SSSR count). The number of carbonyl (C=O) groups excluding carboxylic acids is 5. The minimum Gasteiger partial charge on any atom is -0.477 e. The number of likely N-dealkylation sites (N-methyl/N-ethyl adjacent to an activating group) is 2. The third kappa shape index (κ3) is 9.78. The van der Waals surface area contributed by atoms with Gasteiger partial charge in [0.1, 0.15) is 28.9 Å². The molecule has 2 saturated carbocycles. The van der Waals surface area contributed by atoms with E-state index in [1.165, 1.54) is 17.7 Å². The number of fused-ring (bicyclic) bond motifs is 1. The Morgan fingerprint density at radius 3 is 2.32 bits per heavy atom. The lowest BCUT2D eigenvalue weighted by atomic mass is 9.52. The van der Waals surface area contributed by atoms with E-state index >= 15 is 0 Å². The van der Waals surface area contributed by atoms with Crippen molar-refractivity contribution < 1.29 is 52.5 Å². The molecule has 1 aromatic rings. The molecule has 1 unspecified atom stereocenters. The van der Waals surface area contributed by atoms with Crippen LogP contribution in [0.1, 0.15) is 111 Å². The summed E-state index contributed by atoms with van der Waals surface area (Å²) in [6.07, 6.45) is 2.04. The Bertz CT molecular complexity index is 1700. The number of unbranched alkanes of at least 4 members (excludes halogenated alkanes) is 1.